The lowest BCUT2D eigenvalue weighted by atomic mass is 9.62. The first kappa shape index (κ1) is 13.3. The summed E-state index contributed by atoms with van der Waals surface area (Å²) in [6.45, 7) is 2.71. The third-order valence-corrected chi connectivity index (χ3v) is 4.64. The molecule has 1 aromatic carbocycles. The first-order valence-corrected chi connectivity index (χ1v) is 7.87. The largest absolute Gasteiger partial charge is 0.494 e. The highest BCUT2D eigenvalue weighted by molar-refractivity contribution is 5.51. The molecule has 3 aromatic rings. The van der Waals surface area contributed by atoms with E-state index in [9.17, 15) is 0 Å². The summed E-state index contributed by atoms with van der Waals surface area (Å²) in [6.07, 6.45) is 7.21. The Labute approximate surface area is 129 Å². The lowest BCUT2D eigenvalue weighted by Crippen LogP contribution is -2.36. The number of hydrogen-bond acceptors (Lipinski definition) is 3. The average Bonchev–Trinajstić information content (AvgIpc) is 2.92. The number of fused-ring (bicyclic) bond motifs is 1. The van der Waals surface area contributed by atoms with Crippen molar-refractivity contribution < 1.29 is 4.74 Å². The van der Waals surface area contributed by atoms with Crippen LogP contribution in [-0.2, 0) is 5.41 Å². The van der Waals surface area contributed by atoms with Crippen LogP contribution in [0.4, 0.5) is 0 Å². The molecular formula is C18H19N3O. The summed E-state index contributed by atoms with van der Waals surface area (Å²) in [7, 11) is 0. The van der Waals surface area contributed by atoms with Crippen LogP contribution >= 0.6 is 0 Å². The molecule has 0 atom stereocenters. The molecule has 0 aliphatic heterocycles. The predicted octanol–water partition coefficient (Wildman–Crippen LogP) is 3.60. The molecule has 4 heteroatoms. The van der Waals surface area contributed by atoms with Gasteiger partial charge in [-0.25, -0.2) is 9.50 Å². The quantitative estimate of drug-likeness (QED) is 0.738. The van der Waals surface area contributed by atoms with Crippen LogP contribution in [0.1, 0.15) is 37.4 Å². The summed E-state index contributed by atoms with van der Waals surface area (Å²) < 4.78 is 7.72. The molecule has 0 saturated heterocycles. The zero-order valence-electron chi connectivity index (χ0n) is 12.7. The Balaban J connectivity index is 1.86. The van der Waals surface area contributed by atoms with Crippen molar-refractivity contribution in [1.82, 2.24) is 14.6 Å². The van der Waals surface area contributed by atoms with Crippen LogP contribution in [0.15, 0.2) is 48.8 Å². The van der Waals surface area contributed by atoms with Gasteiger partial charge >= 0.3 is 0 Å². The standard InChI is InChI=1S/C18H19N3O/c1-2-22-15-8-4-3-7-14(15)18(9-5-10-18)16-13-17-19-11-6-12-21(17)20-16/h3-4,6-8,11-13H,2,5,9-10H2,1H3. The van der Waals surface area contributed by atoms with Gasteiger partial charge in [0.05, 0.1) is 12.3 Å². The average molecular weight is 293 g/mol. The number of para-hydroxylation sites is 1. The number of rotatable bonds is 4. The molecule has 0 radical (unpaired) electrons. The van der Waals surface area contributed by atoms with E-state index < -0.39 is 0 Å². The molecule has 4 rings (SSSR count). The van der Waals surface area contributed by atoms with Crippen molar-refractivity contribution in [3.8, 4) is 5.75 Å². The molecule has 1 saturated carbocycles. The van der Waals surface area contributed by atoms with Crippen LogP contribution in [0, 0.1) is 0 Å². The fraction of sp³-hybridized carbons (Fsp3) is 0.333. The van der Waals surface area contributed by atoms with Crippen molar-refractivity contribution in [3.05, 3.63) is 60.0 Å². The number of benzene rings is 1. The zero-order chi connectivity index (χ0) is 15.0. The molecule has 2 heterocycles. The minimum Gasteiger partial charge on any atom is -0.494 e. The van der Waals surface area contributed by atoms with Gasteiger partial charge < -0.3 is 4.74 Å². The van der Waals surface area contributed by atoms with Gasteiger partial charge in [-0.2, -0.15) is 5.10 Å². The fourth-order valence-corrected chi connectivity index (χ4v) is 3.40. The Morgan fingerprint density at radius 2 is 2.09 bits per heavy atom. The van der Waals surface area contributed by atoms with Crippen LogP contribution in [0.5, 0.6) is 5.75 Å². The summed E-state index contributed by atoms with van der Waals surface area (Å²) in [5.41, 5.74) is 3.23. The van der Waals surface area contributed by atoms with E-state index in [4.69, 9.17) is 9.84 Å². The molecule has 1 fully saturated rings. The Bertz CT molecular complexity index is 772. The molecule has 1 aliphatic carbocycles. The summed E-state index contributed by atoms with van der Waals surface area (Å²) in [4.78, 5) is 4.40. The highest BCUT2D eigenvalue weighted by Gasteiger charge is 2.44. The molecular weight excluding hydrogens is 274 g/mol. The van der Waals surface area contributed by atoms with Gasteiger partial charge in [0.15, 0.2) is 5.65 Å². The van der Waals surface area contributed by atoms with Crippen molar-refractivity contribution in [2.24, 2.45) is 0 Å². The van der Waals surface area contributed by atoms with Gasteiger partial charge in [-0.05, 0) is 31.9 Å². The Kier molecular flexibility index (Phi) is 3.10. The first-order valence-electron chi connectivity index (χ1n) is 7.87. The molecule has 1 aliphatic rings. The normalized spacial score (nSPS) is 16.4. The van der Waals surface area contributed by atoms with Crippen molar-refractivity contribution in [2.45, 2.75) is 31.6 Å². The van der Waals surface area contributed by atoms with Gasteiger partial charge in [-0.1, -0.05) is 24.6 Å². The Morgan fingerprint density at radius 3 is 2.82 bits per heavy atom. The number of ether oxygens (including phenoxy) is 1. The maximum absolute atomic E-state index is 5.86. The van der Waals surface area contributed by atoms with Gasteiger partial charge in [0, 0.05) is 29.4 Å². The van der Waals surface area contributed by atoms with Crippen molar-refractivity contribution in [1.29, 1.82) is 0 Å². The van der Waals surface area contributed by atoms with E-state index in [-0.39, 0.29) is 5.41 Å². The molecule has 0 bridgehead atoms. The summed E-state index contributed by atoms with van der Waals surface area (Å²) in [5, 5.41) is 4.78. The van der Waals surface area contributed by atoms with Gasteiger partial charge in [-0.15, -0.1) is 0 Å². The molecule has 0 N–H and O–H groups in total. The molecule has 2 aromatic heterocycles. The van der Waals surface area contributed by atoms with Gasteiger partial charge in [-0.3, -0.25) is 0 Å². The third-order valence-electron chi connectivity index (χ3n) is 4.64. The van der Waals surface area contributed by atoms with Crippen molar-refractivity contribution in [3.63, 3.8) is 0 Å². The smallest absolute Gasteiger partial charge is 0.155 e. The molecule has 0 unspecified atom stereocenters. The second-order valence-corrected chi connectivity index (χ2v) is 5.82. The van der Waals surface area contributed by atoms with E-state index in [2.05, 4.69) is 29.2 Å². The SMILES string of the molecule is CCOc1ccccc1C1(c2cc3ncccn3n2)CCC1. The second kappa shape index (κ2) is 5.13. The lowest BCUT2D eigenvalue weighted by Gasteiger charge is -2.41. The molecule has 0 spiro atoms. The highest BCUT2D eigenvalue weighted by atomic mass is 16.5. The van der Waals surface area contributed by atoms with Crippen LogP contribution < -0.4 is 4.74 Å². The van der Waals surface area contributed by atoms with Crippen LogP contribution in [-0.4, -0.2) is 21.2 Å². The number of aromatic nitrogens is 3. The maximum atomic E-state index is 5.86. The highest BCUT2D eigenvalue weighted by Crippen LogP contribution is 2.51. The van der Waals surface area contributed by atoms with Gasteiger partial charge in [0.1, 0.15) is 5.75 Å². The maximum Gasteiger partial charge on any atom is 0.155 e. The molecule has 112 valence electrons. The van der Waals surface area contributed by atoms with E-state index in [0.717, 1.165) is 29.9 Å². The minimum absolute atomic E-state index is 0.0283. The second-order valence-electron chi connectivity index (χ2n) is 5.82. The van der Waals surface area contributed by atoms with Crippen molar-refractivity contribution in [2.75, 3.05) is 6.61 Å². The minimum atomic E-state index is -0.0283. The molecule has 22 heavy (non-hydrogen) atoms. The summed E-state index contributed by atoms with van der Waals surface area (Å²) in [6, 6.07) is 12.4. The van der Waals surface area contributed by atoms with Crippen molar-refractivity contribution >= 4 is 5.65 Å². The van der Waals surface area contributed by atoms with Gasteiger partial charge in [0.2, 0.25) is 0 Å². The fourth-order valence-electron chi connectivity index (χ4n) is 3.40. The summed E-state index contributed by atoms with van der Waals surface area (Å²) >= 11 is 0. The topological polar surface area (TPSA) is 39.4 Å². The first-order chi connectivity index (χ1) is 10.8. The van der Waals surface area contributed by atoms with Gasteiger partial charge in [0.25, 0.3) is 0 Å². The third kappa shape index (κ3) is 1.90. The van der Waals surface area contributed by atoms with E-state index in [0.29, 0.717) is 6.61 Å². The van der Waals surface area contributed by atoms with Crippen LogP contribution in [0.2, 0.25) is 0 Å². The van der Waals surface area contributed by atoms with E-state index in [1.54, 1.807) is 0 Å². The van der Waals surface area contributed by atoms with E-state index >= 15 is 0 Å². The number of hydrogen-bond donors (Lipinski definition) is 0. The van der Waals surface area contributed by atoms with E-state index in [1.807, 2.05) is 36.0 Å². The van der Waals surface area contributed by atoms with Crippen LogP contribution in [0.25, 0.3) is 5.65 Å². The monoisotopic (exact) mass is 293 g/mol. The predicted molar refractivity (Wildman–Crippen MR) is 85.2 cm³/mol. The summed E-state index contributed by atoms with van der Waals surface area (Å²) in [5.74, 6) is 0.981. The Hall–Kier alpha value is -2.36. The lowest BCUT2D eigenvalue weighted by molar-refractivity contribution is 0.269. The van der Waals surface area contributed by atoms with Crippen LogP contribution in [0.3, 0.4) is 0 Å². The molecule has 0 amide bonds. The van der Waals surface area contributed by atoms with E-state index in [1.165, 1.54) is 12.0 Å². The zero-order valence-corrected chi connectivity index (χ0v) is 12.7. The molecule has 4 nitrogen and oxygen atoms in total. The number of nitrogens with zero attached hydrogens (tertiary/aromatic N) is 3. The Morgan fingerprint density at radius 1 is 1.23 bits per heavy atom.